The molecule has 42 heavy (non-hydrogen) atoms. The maximum Gasteiger partial charge on any atom is -0.00261 e. The highest BCUT2D eigenvalue weighted by Crippen LogP contribution is 2.45. The van der Waals surface area contributed by atoms with Crippen molar-refractivity contribution in [3.8, 4) is 44.5 Å². The second kappa shape index (κ2) is 10.2. The van der Waals surface area contributed by atoms with Gasteiger partial charge >= 0.3 is 0 Å². The largest absolute Gasteiger partial charge is 0.0622 e. The lowest BCUT2D eigenvalue weighted by molar-refractivity contribution is 1.62. The van der Waals surface area contributed by atoms with Crippen molar-refractivity contribution in [3.05, 3.63) is 170 Å². The molecule has 0 radical (unpaired) electrons. The molecular formula is C42H28. The van der Waals surface area contributed by atoms with Crippen molar-refractivity contribution in [2.45, 2.75) is 0 Å². The van der Waals surface area contributed by atoms with Gasteiger partial charge in [0.05, 0.1) is 0 Å². The first-order valence-corrected chi connectivity index (χ1v) is 14.5. The molecule has 0 atom stereocenters. The maximum absolute atomic E-state index is 2.40. The summed E-state index contributed by atoms with van der Waals surface area (Å²) in [6.45, 7) is 0. The minimum absolute atomic E-state index is 1.23. The molecule has 0 aliphatic heterocycles. The smallest absolute Gasteiger partial charge is 0.00261 e. The Morgan fingerprint density at radius 2 is 0.619 bits per heavy atom. The normalized spacial score (nSPS) is 11.3. The summed E-state index contributed by atoms with van der Waals surface area (Å²) in [5.41, 5.74) is 9.94. The molecule has 0 amide bonds. The lowest BCUT2D eigenvalue weighted by Crippen LogP contribution is -1.92. The molecule has 0 fully saturated rings. The van der Waals surface area contributed by atoms with Crippen molar-refractivity contribution in [2.75, 3.05) is 0 Å². The maximum atomic E-state index is 2.40. The van der Waals surface area contributed by atoms with Crippen LogP contribution in [0.5, 0.6) is 0 Å². The highest BCUT2D eigenvalue weighted by Gasteiger charge is 2.18. The van der Waals surface area contributed by atoms with Gasteiger partial charge in [0, 0.05) is 0 Å². The van der Waals surface area contributed by atoms with E-state index in [1.165, 1.54) is 76.8 Å². The number of hydrogen-bond acceptors (Lipinski definition) is 0. The standard InChI is InChI=1S/C42H28/c1-4-12-29(13-5-1)35-22-24-37-39(27-35)41(31-15-6-2-7-16-31)38-25-23-36(28-40(38)42(37)32-17-8-3-9-18-32)34-21-20-30-14-10-11-19-33(30)26-34/h1-28H. The van der Waals surface area contributed by atoms with E-state index in [2.05, 4.69) is 170 Å². The minimum atomic E-state index is 1.23. The Morgan fingerprint density at radius 3 is 1.17 bits per heavy atom. The van der Waals surface area contributed by atoms with Gasteiger partial charge in [0.1, 0.15) is 0 Å². The Balaban J connectivity index is 1.49. The molecule has 0 bridgehead atoms. The molecule has 0 unspecified atom stereocenters. The number of hydrogen-bond donors (Lipinski definition) is 0. The van der Waals surface area contributed by atoms with E-state index in [1.54, 1.807) is 0 Å². The zero-order valence-electron chi connectivity index (χ0n) is 23.2. The number of benzene rings is 8. The van der Waals surface area contributed by atoms with Crippen LogP contribution >= 0.6 is 0 Å². The Hall–Kier alpha value is -5.46. The Kier molecular flexibility index (Phi) is 5.90. The molecule has 0 N–H and O–H groups in total. The fraction of sp³-hybridized carbons (Fsp3) is 0. The van der Waals surface area contributed by atoms with Crippen LogP contribution in [0.25, 0.3) is 76.8 Å². The Labute approximate surface area is 246 Å². The predicted molar refractivity (Wildman–Crippen MR) is 181 cm³/mol. The van der Waals surface area contributed by atoms with E-state index in [0.29, 0.717) is 0 Å². The third kappa shape index (κ3) is 4.17. The van der Waals surface area contributed by atoms with E-state index < -0.39 is 0 Å². The summed E-state index contributed by atoms with van der Waals surface area (Å²) < 4.78 is 0. The van der Waals surface area contributed by atoms with Gasteiger partial charge in [0.15, 0.2) is 0 Å². The molecule has 0 spiro atoms. The molecule has 0 aromatic heterocycles. The van der Waals surface area contributed by atoms with Gasteiger partial charge < -0.3 is 0 Å². The zero-order valence-corrected chi connectivity index (χ0v) is 23.2. The summed E-state index contributed by atoms with van der Waals surface area (Å²) in [6, 6.07) is 61.8. The van der Waals surface area contributed by atoms with Crippen LogP contribution in [0.4, 0.5) is 0 Å². The van der Waals surface area contributed by atoms with Crippen molar-refractivity contribution in [1.82, 2.24) is 0 Å². The van der Waals surface area contributed by atoms with Crippen molar-refractivity contribution in [3.63, 3.8) is 0 Å². The molecule has 8 aromatic rings. The van der Waals surface area contributed by atoms with E-state index in [1.807, 2.05) is 0 Å². The first-order chi connectivity index (χ1) is 20.8. The predicted octanol–water partition coefficient (Wildman–Crippen LogP) is 11.8. The third-order valence-electron chi connectivity index (χ3n) is 8.43. The fourth-order valence-corrected chi connectivity index (χ4v) is 6.42. The molecule has 196 valence electrons. The van der Waals surface area contributed by atoms with Gasteiger partial charge in [0.2, 0.25) is 0 Å². The first kappa shape index (κ1) is 24.3. The lowest BCUT2D eigenvalue weighted by atomic mass is 9.84. The van der Waals surface area contributed by atoms with Gasteiger partial charge in [-0.3, -0.25) is 0 Å². The SMILES string of the molecule is c1ccc(-c2ccc3c(-c4ccccc4)c4cc(-c5ccc6ccccc6c5)ccc4c(-c4ccccc4)c3c2)cc1. The fourth-order valence-electron chi connectivity index (χ4n) is 6.42. The molecule has 0 aliphatic rings. The van der Waals surface area contributed by atoms with Crippen LogP contribution in [0.3, 0.4) is 0 Å². The second-order valence-electron chi connectivity index (χ2n) is 10.9. The van der Waals surface area contributed by atoms with Crippen molar-refractivity contribution < 1.29 is 0 Å². The summed E-state index contributed by atoms with van der Waals surface area (Å²) in [7, 11) is 0. The van der Waals surface area contributed by atoms with E-state index in [-0.39, 0.29) is 0 Å². The average Bonchev–Trinajstić information content (AvgIpc) is 3.07. The van der Waals surface area contributed by atoms with Gasteiger partial charge in [0.25, 0.3) is 0 Å². The molecule has 0 saturated heterocycles. The van der Waals surface area contributed by atoms with Gasteiger partial charge in [-0.15, -0.1) is 0 Å². The van der Waals surface area contributed by atoms with Crippen molar-refractivity contribution >= 4 is 32.3 Å². The summed E-state index contributed by atoms with van der Waals surface area (Å²) in [5, 5.41) is 7.59. The van der Waals surface area contributed by atoms with E-state index in [0.717, 1.165) is 0 Å². The van der Waals surface area contributed by atoms with Crippen LogP contribution in [0, 0.1) is 0 Å². The number of fused-ring (bicyclic) bond motifs is 3. The van der Waals surface area contributed by atoms with Crippen LogP contribution in [0.2, 0.25) is 0 Å². The lowest BCUT2D eigenvalue weighted by Gasteiger charge is -2.19. The molecule has 0 nitrogen and oxygen atoms in total. The first-order valence-electron chi connectivity index (χ1n) is 14.5. The van der Waals surface area contributed by atoms with E-state index in [4.69, 9.17) is 0 Å². The van der Waals surface area contributed by atoms with Crippen molar-refractivity contribution in [1.29, 1.82) is 0 Å². The topological polar surface area (TPSA) is 0 Å². The monoisotopic (exact) mass is 532 g/mol. The van der Waals surface area contributed by atoms with Gasteiger partial charge in [-0.1, -0.05) is 152 Å². The molecule has 0 heteroatoms. The molecule has 0 aliphatic carbocycles. The molecule has 8 aromatic carbocycles. The second-order valence-corrected chi connectivity index (χ2v) is 10.9. The van der Waals surface area contributed by atoms with E-state index >= 15 is 0 Å². The molecule has 0 heterocycles. The summed E-state index contributed by atoms with van der Waals surface area (Å²) in [5.74, 6) is 0. The Bertz CT molecular complexity index is 2210. The van der Waals surface area contributed by atoms with Crippen LogP contribution in [-0.4, -0.2) is 0 Å². The average molecular weight is 533 g/mol. The van der Waals surface area contributed by atoms with Crippen LogP contribution in [-0.2, 0) is 0 Å². The molecule has 0 saturated carbocycles. The van der Waals surface area contributed by atoms with Crippen LogP contribution in [0.1, 0.15) is 0 Å². The van der Waals surface area contributed by atoms with Gasteiger partial charge in [-0.25, -0.2) is 0 Å². The summed E-state index contributed by atoms with van der Waals surface area (Å²) in [4.78, 5) is 0. The summed E-state index contributed by atoms with van der Waals surface area (Å²) >= 11 is 0. The zero-order chi connectivity index (χ0) is 27.9. The molecule has 8 rings (SSSR count). The van der Waals surface area contributed by atoms with Gasteiger partial charge in [-0.2, -0.15) is 0 Å². The van der Waals surface area contributed by atoms with Crippen LogP contribution < -0.4 is 0 Å². The highest BCUT2D eigenvalue weighted by atomic mass is 14.2. The Morgan fingerprint density at radius 1 is 0.214 bits per heavy atom. The van der Waals surface area contributed by atoms with Crippen molar-refractivity contribution in [2.24, 2.45) is 0 Å². The van der Waals surface area contributed by atoms with E-state index in [9.17, 15) is 0 Å². The quantitative estimate of drug-likeness (QED) is 0.198. The molecular weight excluding hydrogens is 504 g/mol. The summed E-state index contributed by atoms with van der Waals surface area (Å²) in [6.07, 6.45) is 0. The minimum Gasteiger partial charge on any atom is -0.0622 e. The van der Waals surface area contributed by atoms with Gasteiger partial charge in [-0.05, 0) is 95.0 Å². The van der Waals surface area contributed by atoms with Crippen LogP contribution in [0.15, 0.2) is 170 Å². The third-order valence-corrected chi connectivity index (χ3v) is 8.43. The highest BCUT2D eigenvalue weighted by molar-refractivity contribution is 6.22. The number of rotatable bonds is 4.